The molecule has 0 aliphatic heterocycles. The molecule has 0 rings (SSSR count). The Hall–Kier alpha value is -0.900. The third kappa shape index (κ3) is 2.67. The summed E-state index contributed by atoms with van der Waals surface area (Å²) in [6.45, 7) is 1.66. The van der Waals surface area contributed by atoms with Crippen molar-refractivity contribution < 1.29 is 19.1 Å². The first kappa shape index (κ1) is 10.1. The van der Waals surface area contributed by atoms with Gasteiger partial charge >= 0.3 is 5.97 Å². The van der Waals surface area contributed by atoms with E-state index in [2.05, 4.69) is 9.47 Å². The van der Waals surface area contributed by atoms with E-state index in [1.165, 1.54) is 14.2 Å². The van der Waals surface area contributed by atoms with Crippen LogP contribution in [0.25, 0.3) is 0 Å². The summed E-state index contributed by atoms with van der Waals surface area (Å²) in [5, 5.41) is 0. The minimum atomic E-state index is -1.05. The number of rotatable bonds is 4. The molecule has 64 valence electrons. The van der Waals surface area contributed by atoms with E-state index >= 15 is 0 Å². The number of Topliss-reactive ketones (excluding diaryl/α,β-unsaturated/α-hetero) is 1. The highest BCUT2D eigenvalue weighted by molar-refractivity contribution is 6.01. The summed E-state index contributed by atoms with van der Waals surface area (Å²) in [7, 11) is 2.52. The molecule has 0 saturated heterocycles. The lowest BCUT2D eigenvalue weighted by molar-refractivity contribution is -0.157. The molecule has 0 amide bonds. The van der Waals surface area contributed by atoms with E-state index < -0.39 is 12.1 Å². The van der Waals surface area contributed by atoms with Crippen LogP contribution in [0.1, 0.15) is 13.3 Å². The SMILES string of the molecule is CCC(=O)[C@@H](OC)C(=O)OC. The zero-order chi connectivity index (χ0) is 8.85. The van der Waals surface area contributed by atoms with E-state index in [-0.39, 0.29) is 12.2 Å². The van der Waals surface area contributed by atoms with Gasteiger partial charge in [0.25, 0.3) is 0 Å². The Kier molecular flexibility index (Phi) is 4.45. The fourth-order valence-electron chi connectivity index (χ4n) is 0.652. The van der Waals surface area contributed by atoms with Crippen molar-refractivity contribution in [2.24, 2.45) is 0 Å². The molecule has 0 aliphatic carbocycles. The Bertz CT molecular complexity index is 137. The zero-order valence-corrected chi connectivity index (χ0v) is 6.92. The van der Waals surface area contributed by atoms with Crippen LogP contribution in [0.4, 0.5) is 0 Å². The highest BCUT2D eigenvalue weighted by Crippen LogP contribution is 1.97. The summed E-state index contributed by atoms with van der Waals surface area (Å²) in [5.41, 5.74) is 0. The van der Waals surface area contributed by atoms with Gasteiger partial charge < -0.3 is 9.47 Å². The third-order valence-corrected chi connectivity index (χ3v) is 1.29. The number of carbonyl (C=O) groups excluding carboxylic acids is 2. The number of esters is 1. The summed E-state index contributed by atoms with van der Waals surface area (Å²) in [5.74, 6) is -0.904. The first-order valence-corrected chi connectivity index (χ1v) is 3.30. The van der Waals surface area contributed by atoms with Gasteiger partial charge in [-0.15, -0.1) is 0 Å². The minimum absolute atomic E-state index is 0.264. The van der Waals surface area contributed by atoms with E-state index in [4.69, 9.17) is 0 Å². The van der Waals surface area contributed by atoms with Gasteiger partial charge in [0, 0.05) is 13.5 Å². The van der Waals surface area contributed by atoms with E-state index in [0.29, 0.717) is 0 Å². The van der Waals surface area contributed by atoms with Crippen LogP contribution in [0.3, 0.4) is 0 Å². The van der Waals surface area contributed by atoms with E-state index in [9.17, 15) is 9.59 Å². The van der Waals surface area contributed by atoms with Gasteiger partial charge in [-0.3, -0.25) is 4.79 Å². The van der Waals surface area contributed by atoms with Gasteiger partial charge in [-0.05, 0) is 0 Å². The molecule has 0 aromatic carbocycles. The van der Waals surface area contributed by atoms with Crippen LogP contribution in [0, 0.1) is 0 Å². The van der Waals surface area contributed by atoms with Crippen LogP contribution in [-0.4, -0.2) is 32.1 Å². The molecule has 0 saturated carbocycles. The van der Waals surface area contributed by atoms with E-state index in [1.54, 1.807) is 6.92 Å². The van der Waals surface area contributed by atoms with Crippen molar-refractivity contribution in [3.8, 4) is 0 Å². The number of carbonyl (C=O) groups is 2. The lowest BCUT2D eigenvalue weighted by Crippen LogP contribution is -2.32. The predicted molar refractivity (Wildman–Crippen MR) is 38.1 cm³/mol. The smallest absolute Gasteiger partial charge is 0.342 e. The molecule has 0 radical (unpaired) electrons. The summed E-state index contributed by atoms with van der Waals surface area (Å²) in [6.07, 6.45) is -0.779. The maximum atomic E-state index is 10.9. The maximum Gasteiger partial charge on any atom is 0.342 e. The molecule has 0 aromatic heterocycles. The Morgan fingerprint density at radius 2 is 1.91 bits per heavy atom. The normalized spacial score (nSPS) is 12.3. The number of methoxy groups -OCH3 is 2. The van der Waals surface area contributed by atoms with Gasteiger partial charge in [-0.25, -0.2) is 4.79 Å². The molecule has 0 N–H and O–H groups in total. The fraction of sp³-hybridized carbons (Fsp3) is 0.714. The van der Waals surface area contributed by atoms with Crippen LogP contribution in [0.5, 0.6) is 0 Å². The standard InChI is InChI=1S/C7H12O4/c1-4-5(8)6(10-2)7(9)11-3/h6H,4H2,1-3H3/t6-/m1/s1. The molecule has 0 fully saturated rings. The van der Waals surface area contributed by atoms with Crippen molar-refractivity contribution in [3.05, 3.63) is 0 Å². The molecule has 4 nitrogen and oxygen atoms in total. The minimum Gasteiger partial charge on any atom is -0.467 e. The maximum absolute atomic E-state index is 10.9. The Balaban J connectivity index is 4.15. The first-order valence-electron chi connectivity index (χ1n) is 3.30. The van der Waals surface area contributed by atoms with Crippen LogP contribution in [-0.2, 0) is 19.1 Å². The van der Waals surface area contributed by atoms with Gasteiger partial charge in [-0.1, -0.05) is 6.92 Å². The van der Waals surface area contributed by atoms with Gasteiger partial charge in [0.2, 0.25) is 6.10 Å². The van der Waals surface area contributed by atoms with Crippen LogP contribution >= 0.6 is 0 Å². The Labute approximate surface area is 65.5 Å². The molecular weight excluding hydrogens is 148 g/mol. The van der Waals surface area contributed by atoms with Crippen molar-refractivity contribution in [1.29, 1.82) is 0 Å². The number of hydrogen-bond donors (Lipinski definition) is 0. The first-order chi connectivity index (χ1) is 5.17. The second kappa shape index (κ2) is 4.85. The third-order valence-electron chi connectivity index (χ3n) is 1.29. The average molecular weight is 160 g/mol. The molecule has 11 heavy (non-hydrogen) atoms. The van der Waals surface area contributed by atoms with Gasteiger partial charge in [-0.2, -0.15) is 0 Å². The molecule has 0 aromatic rings. The molecule has 1 atom stereocenters. The lowest BCUT2D eigenvalue weighted by Gasteiger charge is -2.09. The molecule has 0 aliphatic rings. The second-order valence-corrected chi connectivity index (χ2v) is 1.96. The van der Waals surface area contributed by atoms with E-state index in [1.807, 2.05) is 0 Å². The van der Waals surface area contributed by atoms with Crippen molar-refractivity contribution in [2.75, 3.05) is 14.2 Å². The second-order valence-electron chi connectivity index (χ2n) is 1.96. The van der Waals surface area contributed by atoms with Crippen LogP contribution < -0.4 is 0 Å². The van der Waals surface area contributed by atoms with Crippen molar-refractivity contribution in [2.45, 2.75) is 19.4 Å². The molecule has 0 spiro atoms. The summed E-state index contributed by atoms with van der Waals surface area (Å²) < 4.78 is 8.97. The fourth-order valence-corrected chi connectivity index (χ4v) is 0.652. The van der Waals surface area contributed by atoms with Gasteiger partial charge in [0.1, 0.15) is 0 Å². The quantitative estimate of drug-likeness (QED) is 0.434. The largest absolute Gasteiger partial charge is 0.467 e. The molecule has 0 heterocycles. The molecule has 0 unspecified atom stereocenters. The predicted octanol–water partition coefficient (Wildman–Crippen LogP) is 0.153. The highest BCUT2D eigenvalue weighted by atomic mass is 16.6. The molecule has 0 bridgehead atoms. The number of ketones is 1. The summed E-state index contributed by atoms with van der Waals surface area (Å²) >= 11 is 0. The monoisotopic (exact) mass is 160 g/mol. The van der Waals surface area contributed by atoms with Gasteiger partial charge in [0.05, 0.1) is 7.11 Å². The Morgan fingerprint density at radius 3 is 2.18 bits per heavy atom. The van der Waals surface area contributed by atoms with E-state index in [0.717, 1.165) is 0 Å². The van der Waals surface area contributed by atoms with Gasteiger partial charge in [0.15, 0.2) is 5.78 Å². The van der Waals surface area contributed by atoms with Crippen molar-refractivity contribution in [1.82, 2.24) is 0 Å². The summed E-state index contributed by atoms with van der Waals surface area (Å²) in [4.78, 5) is 21.7. The van der Waals surface area contributed by atoms with Crippen LogP contribution in [0.15, 0.2) is 0 Å². The molecular formula is C7H12O4. The summed E-state index contributed by atoms with van der Waals surface area (Å²) in [6, 6.07) is 0. The average Bonchev–Trinajstić information content (AvgIpc) is 2.05. The highest BCUT2D eigenvalue weighted by Gasteiger charge is 2.24. The Morgan fingerprint density at radius 1 is 1.36 bits per heavy atom. The molecule has 4 heteroatoms. The van der Waals surface area contributed by atoms with Crippen molar-refractivity contribution in [3.63, 3.8) is 0 Å². The zero-order valence-electron chi connectivity index (χ0n) is 6.92. The van der Waals surface area contributed by atoms with Crippen LogP contribution in [0.2, 0.25) is 0 Å². The topological polar surface area (TPSA) is 52.6 Å². The number of ether oxygens (including phenoxy) is 2. The number of hydrogen-bond acceptors (Lipinski definition) is 4. The van der Waals surface area contributed by atoms with Crippen molar-refractivity contribution >= 4 is 11.8 Å². The lowest BCUT2D eigenvalue weighted by atomic mass is 10.2.